The van der Waals surface area contributed by atoms with E-state index >= 15 is 0 Å². The Hall–Kier alpha value is -0.610. The molecule has 112 valence electrons. The first-order chi connectivity index (χ1) is 9.53. The number of nitrogens with one attached hydrogen (secondary N) is 1. The van der Waals surface area contributed by atoms with E-state index < -0.39 is 0 Å². The summed E-state index contributed by atoms with van der Waals surface area (Å²) < 4.78 is 0. The summed E-state index contributed by atoms with van der Waals surface area (Å²) in [5, 5.41) is 4.81. The van der Waals surface area contributed by atoms with Gasteiger partial charge in [0.1, 0.15) is 0 Å². The van der Waals surface area contributed by atoms with Crippen molar-refractivity contribution in [1.29, 1.82) is 0 Å². The average molecular weight is 293 g/mol. The highest BCUT2D eigenvalue weighted by Crippen LogP contribution is 2.40. The number of aromatic nitrogens is 1. The molecular weight excluding hydrogens is 266 g/mol. The molecule has 20 heavy (non-hydrogen) atoms. The van der Waals surface area contributed by atoms with Crippen LogP contribution in [0.1, 0.15) is 57.8 Å². The van der Waals surface area contributed by atoms with E-state index in [1.807, 2.05) is 11.3 Å². The molecule has 0 aromatic carbocycles. The van der Waals surface area contributed by atoms with E-state index in [2.05, 4.69) is 37.2 Å². The Morgan fingerprint density at radius 2 is 2.10 bits per heavy atom. The number of anilines is 1. The molecule has 1 aliphatic heterocycles. The topological polar surface area (TPSA) is 28.2 Å². The summed E-state index contributed by atoms with van der Waals surface area (Å²) in [6.07, 6.45) is 9.07. The van der Waals surface area contributed by atoms with Crippen LogP contribution in [0.25, 0.3) is 0 Å². The minimum atomic E-state index is 0.172. The Kier molecular flexibility index (Phi) is 4.04. The molecule has 1 aliphatic carbocycles. The van der Waals surface area contributed by atoms with Gasteiger partial charge in [-0.25, -0.2) is 4.98 Å². The minimum Gasteiger partial charge on any atom is -0.345 e. The van der Waals surface area contributed by atoms with Crippen LogP contribution in [-0.2, 0) is 6.54 Å². The Labute approximate surface area is 126 Å². The van der Waals surface area contributed by atoms with E-state index in [0.29, 0.717) is 0 Å². The van der Waals surface area contributed by atoms with Gasteiger partial charge in [0.05, 0.1) is 0 Å². The predicted octanol–water partition coefficient (Wildman–Crippen LogP) is 3.80. The molecule has 2 fully saturated rings. The van der Waals surface area contributed by atoms with Gasteiger partial charge in [-0.3, -0.25) is 0 Å². The number of thiazole rings is 1. The van der Waals surface area contributed by atoms with Crippen LogP contribution in [0.2, 0.25) is 0 Å². The van der Waals surface area contributed by atoms with Crippen molar-refractivity contribution in [3.8, 4) is 0 Å². The summed E-state index contributed by atoms with van der Waals surface area (Å²) in [6.45, 7) is 8.78. The lowest BCUT2D eigenvalue weighted by atomic mass is 9.92. The third-order valence-corrected chi connectivity index (χ3v) is 5.61. The van der Waals surface area contributed by atoms with E-state index in [4.69, 9.17) is 4.98 Å². The lowest BCUT2D eigenvalue weighted by molar-refractivity contribution is 0.362. The second-order valence-electron chi connectivity index (χ2n) is 7.31. The van der Waals surface area contributed by atoms with E-state index in [1.165, 1.54) is 48.7 Å². The van der Waals surface area contributed by atoms with Crippen LogP contribution in [0, 0.1) is 5.92 Å². The largest absolute Gasteiger partial charge is 0.345 e. The van der Waals surface area contributed by atoms with Crippen molar-refractivity contribution in [2.45, 2.75) is 71.0 Å². The van der Waals surface area contributed by atoms with Crippen LogP contribution < -0.4 is 10.2 Å². The quantitative estimate of drug-likeness (QED) is 0.919. The molecule has 0 radical (unpaired) electrons. The van der Waals surface area contributed by atoms with Crippen LogP contribution in [0.3, 0.4) is 0 Å². The van der Waals surface area contributed by atoms with Gasteiger partial charge >= 0.3 is 0 Å². The van der Waals surface area contributed by atoms with Crippen molar-refractivity contribution in [1.82, 2.24) is 10.3 Å². The number of hydrogen-bond donors (Lipinski definition) is 1. The lowest BCUT2D eigenvalue weighted by Gasteiger charge is -2.37. The van der Waals surface area contributed by atoms with Gasteiger partial charge in [0.25, 0.3) is 0 Å². The van der Waals surface area contributed by atoms with Gasteiger partial charge in [-0.1, -0.05) is 6.42 Å². The number of piperidine rings is 1. The van der Waals surface area contributed by atoms with Crippen molar-refractivity contribution >= 4 is 16.5 Å². The molecule has 1 saturated heterocycles. The Morgan fingerprint density at radius 1 is 1.30 bits per heavy atom. The first-order valence-electron chi connectivity index (χ1n) is 7.99. The third-order valence-electron chi connectivity index (χ3n) is 4.57. The summed E-state index contributed by atoms with van der Waals surface area (Å²) in [5.74, 6) is 0.934. The van der Waals surface area contributed by atoms with Crippen molar-refractivity contribution < 1.29 is 0 Å². The Bertz CT molecular complexity index is 449. The maximum Gasteiger partial charge on any atom is 0.185 e. The number of fused-ring (bicyclic) bond motifs is 1. The molecule has 2 heterocycles. The Morgan fingerprint density at radius 3 is 2.90 bits per heavy atom. The molecule has 0 amide bonds. The number of nitrogens with zero attached hydrogens (tertiary/aromatic N) is 2. The van der Waals surface area contributed by atoms with Crippen LogP contribution in [0.5, 0.6) is 0 Å². The fourth-order valence-corrected chi connectivity index (χ4v) is 4.49. The predicted molar refractivity (Wildman–Crippen MR) is 86.4 cm³/mol. The standard InChI is InChI=1S/C16H27N3S/c1-16(2,3)18-11-13-10-17-15(20-13)19-9-5-7-12-6-4-8-14(12)19/h10,12,14,18H,4-9,11H2,1-3H3. The molecule has 1 saturated carbocycles. The van der Waals surface area contributed by atoms with Gasteiger partial charge in [-0.15, -0.1) is 11.3 Å². The molecule has 0 bridgehead atoms. The molecule has 3 nitrogen and oxygen atoms in total. The third kappa shape index (κ3) is 3.17. The second-order valence-corrected chi connectivity index (χ2v) is 8.40. The van der Waals surface area contributed by atoms with Gasteiger partial charge in [-0.05, 0) is 52.4 Å². The van der Waals surface area contributed by atoms with Gasteiger partial charge < -0.3 is 10.2 Å². The fourth-order valence-electron chi connectivity index (χ4n) is 3.56. The molecular formula is C16H27N3S. The maximum atomic E-state index is 4.71. The van der Waals surface area contributed by atoms with Crippen LogP contribution >= 0.6 is 11.3 Å². The maximum absolute atomic E-state index is 4.71. The lowest BCUT2D eigenvalue weighted by Crippen LogP contribution is -2.42. The molecule has 2 atom stereocenters. The van der Waals surface area contributed by atoms with Crippen LogP contribution in [0.4, 0.5) is 5.13 Å². The summed E-state index contributed by atoms with van der Waals surface area (Å²) in [6, 6.07) is 0.776. The monoisotopic (exact) mass is 293 g/mol. The summed E-state index contributed by atoms with van der Waals surface area (Å²) in [7, 11) is 0. The Balaban J connectivity index is 1.66. The van der Waals surface area contributed by atoms with Gasteiger partial charge in [0.15, 0.2) is 5.13 Å². The van der Waals surface area contributed by atoms with Crippen molar-refractivity contribution in [3.63, 3.8) is 0 Å². The fraction of sp³-hybridized carbons (Fsp3) is 0.812. The summed E-state index contributed by atoms with van der Waals surface area (Å²) >= 11 is 1.88. The molecule has 1 aromatic rings. The molecule has 4 heteroatoms. The van der Waals surface area contributed by atoms with Gasteiger partial charge in [0.2, 0.25) is 0 Å². The normalized spacial score (nSPS) is 26.9. The zero-order chi connectivity index (χ0) is 14.2. The van der Waals surface area contributed by atoms with Crippen LogP contribution in [-0.4, -0.2) is 23.1 Å². The highest BCUT2D eigenvalue weighted by Gasteiger charge is 2.36. The van der Waals surface area contributed by atoms with Crippen molar-refractivity contribution in [2.24, 2.45) is 5.92 Å². The number of hydrogen-bond acceptors (Lipinski definition) is 4. The number of rotatable bonds is 3. The van der Waals surface area contributed by atoms with Crippen molar-refractivity contribution in [3.05, 3.63) is 11.1 Å². The summed E-state index contributed by atoms with van der Waals surface area (Å²) in [5.41, 5.74) is 0.172. The molecule has 0 spiro atoms. The molecule has 2 aliphatic rings. The van der Waals surface area contributed by atoms with Crippen LogP contribution in [0.15, 0.2) is 6.20 Å². The smallest absolute Gasteiger partial charge is 0.185 e. The second kappa shape index (κ2) is 5.64. The average Bonchev–Trinajstić information content (AvgIpc) is 3.04. The van der Waals surface area contributed by atoms with E-state index in [-0.39, 0.29) is 5.54 Å². The molecule has 1 N–H and O–H groups in total. The first kappa shape index (κ1) is 14.3. The molecule has 1 aromatic heterocycles. The van der Waals surface area contributed by atoms with E-state index in [9.17, 15) is 0 Å². The van der Waals surface area contributed by atoms with E-state index in [1.54, 1.807) is 0 Å². The van der Waals surface area contributed by atoms with Gasteiger partial charge in [-0.2, -0.15) is 0 Å². The van der Waals surface area contributed by atoms with E-state index in [0.717, 1.165) is 18.5 Å². The highest BCUT2D eigenvalue weighted by molar-refractivity contribution is 7.15. The van der Waals surface area contributed by atoms with Crippen molar-refractivity contribution in [2.75, 3.05) is 11.4 Å². The molecule has 2 unspecified atom stereocenters. The zero-order valence-corrected chi connectivity index (χ0v) is 13.8. The molecule has 3 rings (SSSR count). The zero-order valence-electron chi connectivity index (χ0n) is 13.0. The highest BCUT2D eigenvalue weighted by atomic mass is 32.1. The first-order valence-corrected chi connectivity index (χ1v) is 8.81. The minimum absolute atomic E-state index is 0.172. The van der Waals surface area contributed by atoms with Gasteiger partial charge in [0, 0.05) is 35.7 Å². The SMILES string of the molecule is CC(C)(C)NCc1cnc(N2CCCC3CCCC32)s1. The summed E-state index contributed by atoms with van der Waals surface area (Å²) in [4.78, 5) is 8.67.